The molecule has 0 bridgehead atoms. The Morgan fingerprint density at radius 3 is 2.88 bits per heavy atom. The van der Waals surface area contributed by atoms with Crippen LogP contribution in [-0.4, -0.2) is 39.5 Å². The first-order valence-electron chi connectivity index (χ1n) is 4.84. The van der Waals surface area contributed by atoms with E-state index in [1.807, 2.05) is 0 Å². The zero-order valence-electron chi connectivity index (χ0n) is 8.88. The second-order valence-corrected chi connectivity index (χ2v) is 3.23. The summed E-state index contributed by atoms with van der Waals surface area (Å²) in [7, 11) is 0. The van der Waals surface area contributed by atoms with Gasteiger partial charge in [0.2, 0.25) is 0 Å². The minimum absolute atomic E-state index is 0.389. The number of carbonyl (C=O) groups is 2. The highest BCUT2D eigenvalue weighted by atomic mass is 16.4. The van der Waals surface area contributed by atoms with Gasteiger partial charge in [0.1, 0.15) is 6.04 Å². The molecule has 0 fully saturated rings. The average Bonchev–Trinajstić information content (AvgIpc) is 2.70. The minimum Gasteiger partial charge on any atom is -0.480 e. The number of nitrogens with one attached hydrogen (secondary N) is 2. The van der Waals surface area contributed by atoms with E-state index in [2.05, 4.69) is 15.7 Å². The number of carbonyl (C=O) groups excluding carboxylic acids is 1. The number of nitrogens with zero attached hydrogens (tertiary/aromatic N) is 2. The fourth-order valence-electron chi connectivity index (χ4n) is 1.03. The Morgan fingerprint density at radius 1 is 1.56 bits per heavy atom. The zero-order chi connectivity index (χ0) is 12.0. The quantitative estimate of drug-likeness (QED) is 0.639. The lowest BCUT2D eigenvalue weighted by molar-refractivity contribution is -0.138. The molecule has 1 rings (SSSR count). The van der Waals surface area contributed by atoms with Crippen LogP contribution < -0.4 is 10.6 Å². The fraction of sp³-hybridized carbons (Fsp3) is 0.444. The maximum absolute atomic E-state index is 11.2. The van der Waals surface area contributed by atoms with E-state index < -0.39 is 18.0 Å². The largest absolute Gasteiger partial charge is 0.480 e. The number of amides is 2. The summed E-state index contributed by atoms with van der Waals surface area (Å²) >= 11 is 0. The van der Waals surface area contributed by atoms with Crippen molar-refractivity contribution in [2.75, 3.05) is 6.54 Å². The average molecular weight is 226 g/mol. The monoisotopic (exact) mass is 226 g/mol. The van der Waals surface area contributed by atoms with E-state index in [1.54, 1.807) is 23.1 Å². The molecule has 7 nitrogen and oxygen atoms in total. The van der Waals surface area contributed by atoms with Gasteiger partial charge >= 0.3 is 12.0 Å². The Labute approximate surface area is 92.4 Å². The minimum atomic E-state index is -1.07. The van der Waals surface area contributed by atoms with E-state index >= 15 is 0 Å². The van der Waals surface area contributed by atoms with Crippen molar-refractivity contribution in [2.45, 2.75) is 19.5 Å². The Kier molecular flexibility index (Phi) is 4.31. The normalized spacial score (nSPS) is 11.8. The second-order valence-electron chi connectivity index (χ2n) is 3.23. The van der Waals surface area contributed by atoms with E-state index in [-0.39, 0.29) is 0 Å². The molecule has 7 heteroatoms. The molecular formula is C9H14N4O3. The van der Waals surface area contributed by atoms with E-state index in [1.165, 1.54) is 6.92 Å². The summed E-state index contributed by atoms with van der Waals surface area (Å²) in [5.41, 5.74) is 0. The van der Waals surface area contributed by atoms with E-state index in [0.29, 0.717) is 13.1 Å². The molecule has 0 aliphatic carbocycles. The number of aliphatic carboxylic acids is 1. The highest BCUT2D eigenvalue weighted by Gasteiger charge is 2.12. The molecule has 1 atom stereocenters. The van der Waals surface area contributed by atoms with E-state index in [0.717, 1.165) is 0 Å². The molecule has 2 amide bonds. The van der Waals surface area contributed by atoms with Crippen molar-refractivity contribution < 1.29 is 14.7 Å². The lowest BCUT2D eigenvalue weighted by atomic mass is 10.3. The molecule has 3 N–H and O–H groups in total. The van der Waals surface area contributed by atoms with Gasteiger partial charge in [-0.05, 0) is 13.0 Å². The summed E-state index contributed by atoms with van der Waals surface area (Å²) in [6, 6.07) is 0.388. The smallest absolute Gasteiger partial charge is 0.325 e. The van der Waals surface area contributed by atoms with Crippen LogP contribution in [0.2, 0.25) is 0 Å². The SMILES string of the molecule is CC(NC(=O)NCCn1cccn1)C(=O)O. The molecule has 0 aliphatic heterocycles. The van der Waals surface area contributed by atoms with Gasteiger partial charge in [0.15, 0.2) is 0 Å². The molecule has 1 aromatic rings. The molecule has 0 radical (unpaired) electrons. The van der Waals surface area contributed by atoms with Crippen LogP contribution in [0.1, 0.15) is 6.92 Å². The molecule has 88 valence electrons. The molecule has 0 saturated heterocycles. The first-order chi connectivity index (χ1) is 7.59. The van der Waals surface area contributed by atoms with Crippen LogP contribution in [0.5, 0.6) is 0 Å². The van der Waals surface area contributed by atoms with Gasteiger partial charge in [0.05, 0.1) is 6.54 Å². The third-order valence-corrected chi connectivity index (χ3v) is 1.90. The molecule has 0 aliphatic rings. The number of carboxylic acid groups (broad SMARTS) is 1. The van der Waals surface area contributed by atoms with Crippen LogP contribution in [-0.2, 0) is 11.3 Å². The number of carboxylic acids is 1. The molecule has 0 aromatic carbocycles. The maximum Gasteiger partial charge on any atom is 0.325 e. The van der Waals surface area contributed by atoms with Crippen molar-refractivity contribution in [3.63, 3.8) is 0 Å². The van der Waals surface area contributed by atoms with Crippen molar-refractivity contribution in [1.29, 1.82) is 0 Å². The van der Waals surface area contributed by atoms with Gasteiger partial charge in [-0.25, -0.2) is 4.79 Å². The van der Waals surface area contributed by atoms with Crippen LogP contribution >= 0.6 is 0 Å². The van der Waals surface area contributed by atoms with E-state index in [4.69, 9.17) is 5.11 Å². The second kappa shape index (κ2) is 5.74. The van der Waals surface area contributed by atoms with Gasteiger partial charge < -0.3 is 15.7 Å². The van der Waals surface area contributed by atoms with Gasteiger partial charge in [-0.3, -0.25) is 9.48 Å². The van der Waals surface area contributed by atoms with Gasteiger partial charge in [-0.1, -0.05) is 0 Å². The van der Waals surface area contributed by atoms with Crippen LogP contribution in [0.3, 0.4) is 0 Å². The van der Waals surface area contributed by atoms with Gasteiger partial charge in [0.25, 0.3) is 0 Å². The van der Waals surface area contributed by atoms with Crippen molar-refractivity contribution >= 4 is 12.0 Å². The molecule has 16 heavy (non-hydrogen) atoms. The molecule has 1 unspecified atom stereocenters. The number of hydrogen-bond donors (Lipinski definition) is 3. The fourth-order valence-corrected chi connectivity index (χ4v) is 1.03. The van der Waals surface area contributed by atoms with Crippen molar-refractivity contribution in [3.8, 4) is 0 Å². The Morgan fingerprint density at radius 2 is 2.31 bits per heavy atom. The molecule has 1 aromatic heterocycles. The van der Waals surface area contributed by atoms with Gasteiger partial charge in [0, 0.05) is 18.9 Å². The number of hydrogen-bond acceptors (Lipinski definition) is 3. The van der Waals surface area contributed by atoms with Crippen LogP contribution in [0, 0.1) is 0 Å². The molecule has 1 heterocycles. The van der Waals surface area contributed by atoms with Gasteiger partial charge in [-0.2, -0.15) is 5.10 Å². The predicted octanol–water partition coefficient (Wildman–Crippen LogP) is -0.345. The van der Waals surface area contributed by atoms with Crippen molar-refractivity contribution in [2.24, 2.45) is 0 Å². The summed E-state index contributed by atoms with van der Waals surface area (Å²) in [6.07, 6.45) is 3.42. The third kappa shape index (κ3) is 3.99. The molecular weight excluding hydrogens is 212 g/mol. The Balaban J connectivity index is 2.18. The maximum atomic E-state index is 11.2. The van der Waals surface area contributed by atoms with Crippen molar-refractivity contribution in [1.82, 2.24) is 20.4 Å². The van der Waals surface area contributed by atoms with Crippen molar-refractivity contribution in [3.05, 3.63) is 18.5 Å². The number of rotatable bonds is 5. The highest BCUT2D eigenvalue weighted by molar-refractivity contribution is 5.82. The topological polar surface area (TPSA) is 96.3 Å². The van der Waals surface area contributed by atoms with E-state index in [9.17, 15) is 9.59 Å². The van der Waals surface area contributed by atoms with Crippen LogP contribution in [0.15, 0.2) is 18.5 Å². The standard InChI is InChI=1S/C9H14N4O3/c1-7(8(14)15)12-9(16)10-4-6-13-5-2-3-11-13/h2-3,5,7H,4,6H2,1H3,(H,14,15)(H2,10,12,16). The highest BCUT2D eigenvalue weighted by Crippen LogP contribution is 1.83. The zero-order valence-corrected chi connectivity index (χ0v) is 8.88. The lowest BCUT2D eigenvalue weighted by Gasteiger charge is -2.10. The number of urea groups is 1. The third-order valence-electron chi connectivity index (χ3n) is 1.90. The van der Waals surface area contributed by atoms with Crippen LogP contribution in [0.4, 0.5) is 4.79 Å². The summed E-state index contributed by atoms with van der Waals surface area (Å²) in [5.74, 6) is -1.07. The summed E-state index contributed by atoms with van der Waals surface area (Å²) < 4.78 is 1.67. The Hall–Kier alpha value is -2.05. The number of aromatic nitrogens is 2. The molecule has 0 saturated carbocycles. The first kappa shape index (κ1) is 12.0. The first-order valence-corrected chi connectivity index (χ1v) is 4.84. The summed E-state index contributed by atoms with van der Waals surface area (Å²) in [4.78, 5) is 21.6. The predicted molar refractivity (Wildman–Crippen MR) is 55.9 cm³/mol. The molecule has 0 spiro atoms. The lowest BCUT2D eigenvalue weighted by Crippen LogP contribution is -2.45. The summed E-state index contributed by atoms with van der Waals surface area (Å²) in [6.45, 7) is 2.33. The van der Waals surface area contributed by atoms with Gasteiger partial charge in [-0.15, -0.1) is 0 Å². The summed E-state index contributed by atoms with van der Waals surface area (Å²) in [5, 5.41) is 17.3. The van der Waals surface area contributed by atoms with Crippen LogP contribution in [0.25, 0.3) is 0 Å². The Bertz CT molecular complexity index is 350.